The molecule has 0 atom stereocenters. The Kier molecular flexibility index (Phi) is 4.86. The van der Waals surface area contributed by atoms with E-state index in [1.165, 1.54) is 25.7 Å². The van der Waals surface area contributed by atoms with Crippen LogP contribution in [0.1, 0.15) is 31.2 Å². The zero-order valence-corrected chi connectivity index (χ0v) is 15.0. The van der Waals surface area contributed by atoms with Crippen molar-refractivity contribution in [3.63, 3.8) is 0 Å². The third-order valence-corrected chi connectivity index (χ3v) is 5.62. The van der Waals surface area contributed by atoms with Crippen molar-refractivity contribution in [3.05, 3.63) is 28.8 Å². The number of ether oxygens (including phenoxy) is 2. The average Bonchev–Trinajstić information content (AvgIpc) is 3.31. The average molecular weight is 363 g/mol. The number of fused-ring (bicyclic) bond motifs is 1. The monoisotopic (exact) mass is 362 g/mol. The number of rotatable bonds is 3. The van der Waals surface area contributed by atoms with Crippen molar-refractivity contribution in [2.24, 2.45) is 0 Å². The summed E-state index contributed by atoms with van der Waals surface area (Å²) in [6.45, 7) is 3.77. The maximum absolute atomic E-state index is 12.4. The Morgan fingerprint density at radius 1 is 1.12 bits per heavy atom. The summed E-state index contributed by atoms with van der Waals surface area (Å²) in [6.07, 6.45) is 8.76. The molecule has 1 aromatic carbocycles. The molecule has 2 fully saturated rings. The molecular weight excluding hydrogens is 340 g/mol. The first-order chi connectivity index (χ1) is 12.2. The normalized spacial score (nSPS) is 21.4. The summed E-state index contributed by atoms with van der Waals surface area (Å²) in [7, 11) is 0. The van der Waals surface area contributed by atoms with E-state index in [4.69, 9.17) is 21.1 Å². The van der Waals surface area contributed by atoms with Gasteiger partial charge in [-0.15, -0.1) is 0 Å². The number of benzene rings is 1. The zero-order chi connectivity index (χ0) is 17.2. The van der Waals surface area contributed by atoms with Crippen molar-refractivity contribution in [1.29, 1.82) is 0 Å². The number of hydrogen-bond acceptors (Lipinski definition) is 4. The first-order valence-corrected chi connectivity index (χ1v) is 9.39. The van der Waals surface area contributed by atoms with Crippen LogP contribution in [0.15, 0.2) is 18.2 Å². The van der Waals surface area contributed by atoms with Gasteiger partial charge in [-0.1, -0.05) is 24.4 Å². The molecule has 1 aromatic rings. The van der Waals surface area contributed by atoms with Gasteiger partial charge in [-0.25, -0.2) is 0 Å². The molecule has 3 aliphatic rings. The number of amides is 1. The van der Waals surface area contributed by atoms with E-state index in [0.717, 1.165) is 37.8 Å². The van der Waals surface area contributed by atoms with Crippen molar-refractivity contribution in [2.45, 2.75) is 31.7 Å². The highest BCUT2D eigenvalue weighted by Crippen LogP contribution is 2.40. The second kappa shape index (κ2) is 7.26. The fourth-order valence-electron chi connectivity index (χ4n) is 3.93. The molecule has 0 aromatic heterocycles. The predicted molar refractivity (Wildman–Crippen MR) is 97.0 cm³/mol. The Labute approximate surface area is 153 Å². The van der Waals surface area contributed by atoms with E-state index in [2.05, 4.69) is 4.90 Å². The first-order valence-electron chi connectivity index (χ1n) is 9.01. The summed E-state index contributed by atoms with van der Waals surface area (Å²) in [6, 6.07) is 4.37. The van der Waals surface area contributed by atoms with Gasteiger partial charge in [-0.3, -0.25) is 9.69 Å². The third-order valence-electron chi connectivity index (χ3n) is 5.33. The van der Waals surface area contributed by atoms with Crippen LogP contribution in [-0.2, 0) is 4.79 Å². The van der Waals surface area contributed by atoms with E-state index in [1.807, 2.05) is 11.0 Å². The van der Waals surface area contributed by atoms with Crippen LogP contribution in [0.2, 0.25) is 5.02 Å². The Bertz CT molecular complexity index is 677. The van der Waals surface area contributed by atoms with Gasteiger partial charge < -0.3 is 14.4 Å². The highest BCUT2D eigenvalue weighted by atomic mass is 35.5. The summed E-state index contributed by atoms with van der Waals surface area (Å²) >= 11 is 6.18. The smallest absolute Gasteiger partial charge is 0.246 e. The molecule has 134 valence electrons. The standard InChI is InChI=1S/C19H23ClN2O3/c20-16-11-14(12-17-19(16)25-13-24-17)5-6-18(23)22-9-7-21(8-10-22)15-3-1-2-4-15/h5-6,11-12,15H,1-4,7-10,13H2/b6-5+. The molecule has 0 radical (unpaired) electrons. The molecule has 0 spiro atoms. The molecule has 2 heterocycles. The molecule has 6 heteroatoms. The summed E-state index contributed by atoms with van der Waals surface area (Å²) in [4.78, 5) is 16.9. The van der Waals surface area contributed by atoms with E-state index in [1.54, 1.807) is 18.2 Å². The van der Waals surface area contributed by atoms with Crippen LogP contribution in [0.4, 0.5) is 0 Å². The minimum Gasteiger partial charge on any atom is -0.454 e. The van der Waals surface area contributed by atoms with Gasteiger partial charge in [0.2, 0.25) is 12.7 Å². The molecule has 1 saturated carbocycles. The lowest BCUT2D eigenvalue weighted by Crippen LogP contribution is -2.51. The number of hydrogen-bond donors (Lipinski definition) is 0. The van der Waals surface area contributed by atoms with Crippen molar-refractivity contribution in [2.75, 3.05) is 33.0 Å². The van der Waals surface area contributed by atoms with Gasteiger partial charge in [-0.2, -0.15) is 0 Å². The number of nitrogens with zero attached hydrogens (tertiary/aromatic N) is 2. The van der Waals surface area contributed by atoms with Crippen LogP contribution in [-0.4, -0.2) is 54.7 Å². The van der Waals surface area contributed by atoms with Crippen molar-refractivity contribution >= 4 is 23.6 Å². The topological polar surface area (TPSA) is 42.0 Å². The Morgan fingerprint density at radius 2 is 1.88 bits per heavy atom. The largest absolute Gasteiger partial charge is 0.454 e. The fraction of sp³-hybridized carbons (Fsp3) is 0.526. The number of piperazine rings is 1. The van der Waals surface area contributed by atoms with Crippen molar-refractivity contribution in [1.82, 2.24) is 9.80 Å². The molecule has 2 aliphatic heterocycles. The fourth-order valence-corrected chi connectivity index (χ4v) is 4.21. The maximum Gasteiger partial charge on any atom is 0.246 e. The van der Waals surface area contributed by atoms with Crippen molar-refractivity contribution in [3.8, 4) is 11.5 Å². The van der Waals surface area contributed by atoms with Gasteiger partial charge >= 0.3 is 0 Å². The van der Waals surface area contributed by atoms with E-state index >= 15 is 0 Å². The molecule has 5 nitrogen and oxygen atoms in total. The van der Waals surface area contributed by atoms with Gasteiger partial charge in [0.1, 0.15) is 0 Å². The molecule has 4 rings (SSSR count). The quantitative estimate of drug-likeness (QED) is 0.774. The molecule has 0 unspecified atom stereocenters. The Balaban J connectivity index is 1.34. The van der Waals surface area contributed by atoms with Crippen LogP contribution in [0.25, 0.3) is 6.08 Å². The summed E-state index contributed by atoms with van der Waals surface area (Å²) in [5, 5.41) is 0.507. The Hall–Kier alpha value is -1.72. The second-order valence-corrected chi connectivity index (χ2v) is 7.28. The summed E-state index contributed by atoms with van der Waals surface area (Å²) in [5.74, 6) is 1.26. The number of carbonyl (C=O) groups is 1. The molecule has 1 saturated heterocycles. The zero-order valence-electron chi connectivity index (χ0n) is 14.2. The van der Waals surface area contributed by atoms with Crippen LogP contribution in [0.3, 0.4) is 0 Å². The van der Waals surface area contributed by atoms with E-state index in [-0.39, 0.29) is 12.7 Å². The van der Waals surface area contributed by atoms with E-state index < -0.39 is 0 Å². The van der Waals surface area contributed by atoms with Gasteiger partial charge in [0, 0.05) is 38.3 Å². The summed E-state index contributed by atoms with van der Waals surface area (Å²) < 4.78 is 10.7. The lowest BCUT2D eigenvalue weighted by molar-refractivity contribution is -0.127. The van der Waals surface area contributed by atoms with E-state index in [0.29, 0.717) is 16.5 Å². The summed E-state index contributed by atoms with van der Waals surface area (Å²) in [5.41, 5.74) is 0.840. The van der Waals surface area contributed by atoms with Crippen LogP contribution < -0.4 is 9.47 Å². The van der Waals surface area contributed by atoms with E-state index in [9.17, 15) is 4.79 Å². The predicted octanol–water partition coefficient (Wildman–Crippen LogP) is 3.17. The Morgan fingerprint density at radius 3 is 2.64 bits per heavy atom. The van der Waals surface area contributed by atoms with Crippen LogP contribution >= 0.6 is 11.6 Å². The number of halogens is 1. The molecule has 1 aliphatic carbocycles. The van der Waals surface area contributed by atoms with Gasteiger partial charge in [0.25, 0.3) is 0 Å². The van der Waals surface area contributed by atoms with Crippen molar-refractivity contribution < 1.29 is 14.3 Å². The highest BCUT2D eigenvalue weighted by molar-refractivity contribution is 6.32. The maximum atomic E-state index is 12.4. The highest BCUT2D eigenvalue weighted by Gasteiger charge is 2.27. The molecule has 0 N–H and O–H groups in total. The van der Waals surface area contributed by atoms with Crippen LogP contribution in [0, 0.1) is 0 Å². The lowest BCUT2D eigenvalue weighted by atomic mass is 10.1. The molecule has 0 bridgehead atoms. The number of carbonyl (C=O) groups excluding carboxylic acids is 1. The molecule has 25 heavy (non-hydrogen) atoms. The minimum absolute atomic E-state index is 0.0554. The second-order valence-electron chi connectivity index (χ2n) is 6.87. The molecular formula is C19H23ClN2O3. The van der Waals surface area contributed by atoms with Gasteiger partial charge in [-0.05, 0) is 36.6 Å². The molecule has 1 amide bonds. The first kappa shape index (κ1) is 16.7. The minimum atomic E-state index is 0.0554. The van der Waals surface area contributed by atoms with Gasteiger partial charge in [0.05, 0.1) is 5.02 Å². The lowest BCUT2D eigenvalue weighted by Gasteiger charge is -2.37. The van der Waals surface area contributed by atoms with Gasteiger partial charge in [0.15, 0.2) is 11.5 Å². The van der Waals surface area contributed by atoms with Crippen LogP contribution in [0.5, 0.6) is 11.5 Å². The third kappa shape index (κ3) is 3.62. The SMILES string of the molecule is O=C(/C=C/c1cc(Cl)c2c(c1)OCO2)N1CCN(C2CCCC2)CC1.